The summed E-state index contributed by atoms with van der Waals surface area (Å²) in [5.74, 6) is -0.788. The van der Waals surface area contributed by atoms with Gasteiger partial charge in [0.1, 0.15) is 0 Å². The molecule has 0 atom stereocenters. The lowest BCUT2D eigenvalue weighted by molar-refractivity contribution is -0.137. The second-order valence-corrected chi connectivity index (χ2v) is 3.83. The van der Waals surface area contributed by atoms with Crippen LogP contribution >= 0.6 is 12.2 Å². The van der Waals surface area contributed by atoms with E-state index in [4.69, 9.17) is 17.3 Å². The molecule has 0 heterocycles. The lowest BCUT2D eigenvalue weighted by atomic mass is 10.3. The van der Waals surface area contributed by atoms with Gasteiger partial charge in [-0.05, 0) is 18.6 Å². The number of aliphatic carboxylic acids is 1. The van der Waals surface area contributed by atoms with Crippen molar-refractivity contribution >= 4 is 23.3 Å². The topological polar surface area (TPSA) is 55.8 Å². The number of carbonyl (C=O) groups is 1. The highest BCUT2D eigenvalue weighted by Gasteiger charge is 2.11. The summed E-state index contributed by atoms with van der Waals surface area (Å²) in [6, 6.07) is 0. The molecular formula is C10H19N3O2S. The van der Waals surface area contributed by atoms with Crippen LogP contribution in [0.5, 0.6) is 0 Å². The molecule has 0 amide bonds. The van der Waals surface area contributed by atoms with Crippen molar-refractivity contribution in [2.45, 2.75) is 12.8 Å². The van der Waals surface area contributed by atoms with Gasteiger partial charge in [-0.2, -0.15) is 0 Å². The number of hydrogen-bond donors (Lipinski definition) is 2. The van der Waals surface area contributed by atoms with Gasteiger partial charge in [0.25, 0.3) is 0 Å². The highest BCUT2D eigenvalue weighted by Crippen LogP contribution is 1.99. The van der Waals surface area contributed by atoms with Crippen molar-refractivity contribution in [3.8, 4) is 0 Å². The standard InChI is InChI=1S/C10H19N3O2S/c1-4-7-11-10(16)13(12(2)3)8-5-6-9(14)15/h4H,1,5-8H2,2-3H3,(H,11,16)(H,14,15). The van der Waals surface area contributed by atoms with E-state index >= 15 is 0 Å². The smallest absolute Gasteiger partial charge is 0.303 e. The quantitative estimate of drug-likeness (QED) is 0.391. The number of carboxylic acid groups (broad SMARTS) is 1. The average Bonchev–Trinajstić information content (AvgIpc) is 2.20. The van der Waals surface area contributed by atoms with Crippen molar-refractivity contribution in [3.63, 3.8) is 0 Å². The molecule has 0 aliphatic heterocycles. The molecule has 0 aliphatic carbocycles. The van der Waals surface area contributed by atoms with Crippen molar-refractivity contribution < 1.29 is 9.90 Å². The second kappa shape index (κ2) is 8.06. The van der Waals surface area contributed by atoms with Crippen molar-refractivity contribution in [1.82, 2.24) is 15.3 Å². The first-order chi connectivity index (χ1) is 7.49. The van der Waals surface area contributed by atoms with Gasteiger partial charge in [0.15, 0.2) is 5.11 Å². The summed E-state index contributed by atoms with van der Waals surface area (Å²) in [5, 5.41) is 15.8. The molecule has 0 radical (unpaired) electrons. The molecule has 0 rings (SSSR count). The molecule has 0 saturated heterocycles. The number of nitrogens with zero attached hydrogens (tertiary/aromatic N) is 2. The molecule has 0 fully saturated rings. The van der Waals surface area contributed by atoms with Crippen molar-refractivity contribution in [2.75, 3.05) is 27.2 Å². The first-order valence-electron chi connectivity index (χ1n) is 5.04. The fraction of sp³-hybridized carbons (Fsp3) is 0.600. The summed E-state index contributed by atoms with van der Waals surface area (Å²) in [6.07, 6.45) is 2.43. The molecule has 0 spiro atoms. The van der Waals surface area contributed by atoms with Crippen LogP contribution in [-0.2, 0) is 4.79 Å². The molecule has 0 bridgehead atoms. The summed E-state index contributed by atoms with van der Waals surface area (Å²) in [7, 11) is 3.73. The maximum absolute atomic E-state index is 10.4. The largest absolute Gasteiger partial charge is 0.481 e. The molecule has 5 nitrogen and oxygen atoms in total. The fourth-order valence-electron chi connectivity index (χ4n) is 1.11. The van der Waals surface area contributed by atoms with Gasteiger partial charge in [-0.3, -0.25) is 9.80 Å². The first-order valence-corrected chi connectivity index (χ1v) is 5.45. The minimum atomic E-state index is -0.788. The molecule has 0 aromatic carbocycles. The maximum Gasteiger partial charge on any atom is 0.303 e. The maximum atomic E-state index is 10.4. The highest BCUT2D eigenvalue weighted by atomic mass is 32.1. The van der Waals surface area contributed by atoms with Crippen LogP contribution in [0.25, 0.3) is 0 Å². The minimum Gasteiger partial charge on any atom is -0.481 e. The van der Waals surface area contributed by atoms with E-state index in [1.54, 1.807) is 6.08 Å². The first kappa shape index (κ1) is 14.9. The van der Waals surface area contributed by atoms with Gasteiger partial charge < -0.3 is 10.4 Å². The van der Waals surface area contributed by atoms with Crippen LogP contribution < -0.4 is 5.32 Å². The molecule has 0 aromatic rings. The number of carboxylic acids is 1. The van der Waals surface area contributed by atoms with Gasteiger partial charge in [0.05, 0.1) is 0 Å². The highest BCUT2D eigenvalue weighted by molar-refractivity contribution is 7.80. The third-order valence-electron chi connectivity index (χ3n) is 1.88. The van der Waals surface area contributed by atoms with E-state index in [1.165, 1.54) is 0 Å². The van der Waals surface area contributed by atoms with Crippen molar-refractivity contribution in [1.29, 1.82) is 0 Å². The van der Waals surface area contributed by atoms with Crippen LogP contribution in [0.4, 0.5) is 0 Å². The van der Waals surface area contributed by atoms with Gasteiger partial charge >= 0.3 is 5.97 Å². The van der Waals surface area contributed by atoms with Gasteiger partial charge in [-0.1, -0.05) is 6.08 Å². The monoisotopic (exact) mass is 245 g/mol. The molecule has 92 valence electrons. The van der Waals surface area contributed by atoms with E-state index in [1.807, 2.05) is 24.1 Å². The van der Waals surface area contributed by atoms with E-state index in [-0.39, 0.29) is 6.42 Å². The van der Waals surface area contributed by atoms with Crippen LogP contribution in [-0.4, -0.2) is 53.4 Å². The van der Waals surface area contributed by atoms with Crippen LogP contribution in [0.1, 0.15) is 12.8 Å². The second-order valence-electron chi connectivity index (χ2n) is 3.44. The molecule has 0 saturated carbocycles. The predicted octanol–water partition coefficient (Wildman–Crippen LogP) is 0.690. The summed E-state index contributed by atoms with van der Waals surface area (Å²) >= 11 is 5.17. The van der Waals surface area contributed by atoms with Gasteiger partial charge in [-0.15, -0.1) is 6.58 Å². The molecule has 0 aliphatic rings. The lowest BCUT2D eigenvalue weighted by Gasteiger charge is -2.31. The summed E-state index contributed by atoms with van der Waals surface area (Å²) in [6.45, 7) is 4.78. The average molecular weight is 245 g/mol. The summed E-state index contributed by atoms with van der Waals surface area (Å²) < 4.78 is 0. The zero-order valence-electron chi connectivity index (χ0n) is 9.77. The van der Waals surface area contributed by atoms with Gasteiger partial charge in [0.2, 0.25) is 0 Å². The zero-order valence-corrected chi connectivity index (χ0v) is 10.6. The van der Waals surface area contributed by atoms with Crippen LogP contribution in [0.3, 0.4) is 0 Å². The molecular weight excluding hydrogens is 226 g/mol. The molecule has 2 N–H and O–H groups in total. The number of thiocarbonyl (C=S) groups is 1. The number of rotatable bonds is 7. The van der Waals surface area contributed by atoms with E-state index in [2.05, 4.69) is 11.9 Å². The normalized spacial score (nSPS) is 9.94. The van der Waals surface area contributed by atoms with Crippen molar-refractivity contribution in [3.05, 3.63) is 12.7 Å². The predicted molar refractivity (Wildman–Crippen MR) is 68.1 cm³/mol. The SMILES string of the molecule is C=CCNC(=S)N(CCCC(=O)O)N(C)C. The van der Waals surface area contributed by atoms with E-state index in [0.717, 1.165) is 0 Å². The Labute approximate surface area is 102 Å². The minimum absolute atomic E-state index is 0.147. The van der Waals surface area contributed by atoms with Crippen molar-refractivity contribution in [2.24, 2.45) is 0 Å². The number of hydrogen-bond acceptors (Lipinski definition) is 3. The Hall–Kier alpha value is -1.14. The Morgan fingerprint density at radius 3 is 2.62 bits per heavy atom. The van der Waals surface area contributed by atoms with Gasteiger partial charge in [-0.25, -0.2) is 5.01 Å². The summed E-state index contributed by atoms with van der Waals surface area (Å²) in [5.41, 5.74) is 0. The Kier molecular flexibility index (Phi) is 7.49. The van der Waals surface area contributed by atoms with Crippen LogP contribution in [0, 0.1) is 0 Å². The molecule has 0 aromatic heterocycles. The molecule has 0 unspecified atom stereocenters. The lowest BCUT2D eigenvalue weighted by Crippen LogP contribution is -2.47. The zero-order chi connectivity index (χ0) is 12.6. The third kappa shape index (κ3) is 6.36. The van der Waals surface area contributed by atoms with Gasteiger partial charge in [0, 0.05) is 33.6 Å². The Morgan fingerprint density at radius 1 is 1.56 bits per heavy atom. The Bertz CT molecular complexity index is 256. The number of hydrazine groups is 1. The molecule has 16 heavy (non-hydrogen) atoms. The Balaban J connectivity index is 4.10. The fourth-order valence-corrected chi connectivity index (χ4v) is 1.45. The van der Waals surface area contributed by atoms with Crippen LogP contribution in [0.2, 0.25) is 0 Å². The third-order valence-corrected chi connectivity index (χ3v) is 2.23. The van der Waals surface area contributed by atoms with E-state index < -0.39 is 5.97 Å². The van der Waals surface area contributed by atoms with Crippen LogP contribution in [0.15, 0.2) is 12.7 Å². The number of nitrogens with one attached hydrogen (secondary N) is 1. The summed E-state index contributed by atoms with van der Waals surface area (Å²) in [4.78, 5) is 10.4. The van der Waals surface area contributed by atoms with E-state index in [0.29, 0.717) is 24.6 Å². The molecule has 6 heteroatoms. The van der Waals surface area contributed by atoms with E-state index in [9.17, 15) is 4.79 Å². The Morgan fingerprint density at radius 2 is 2.19 bits per heavy atom.